The molecule has 2 amide bonds. The van der Waals surface area contributed by atoms with Crippen LogP contribution in [0.3, 0.4) is 0 Å². The third-order valence-corrected chi connectivity index (χ3v) is 4.06. The van der Waals surface area contributed by atoms with Gasteiger partial charge < -0.3 is 20.5 Å². The van der Waals surface area contributed by atoms with Crippen LogP contribution in [0.4, 0.5) is 5.13 Å². The molecule has 0 spiro atoms. The van der Waals surface area contributed by atoms with Crippen molar-refractivity contribution in [1.29, 1.82) is 0 Å². The Bertz CT molecular complexity index is 1000. The lowest BCUT2D eigenvalue weighted by Crippen LogP contribution is -2.39. The van der Waals surface area contributed by atoms with E-state index >= 15 is 0 Å². The molecule has 0 aliphatic heterocycles. The predicted octanol–water partition coefficient (Wildman–Crippen LogP) is 0.00990. The van der Waals surface area contributed by atoms with Gasteiger partial charge in [0.05, 0.1) is 17.9 Å². The van der Waals surface area contributed by atoms with Gasteiger partial charge in [-0.25, -0.2) is 9.97 Å². The van der Waals surface area contributed by atoms with E-state index in [1.54, 1.807) is 23.6 Å². The summed E-state index contributed by atoms with van der Waals surface area (Å²) < 4.78 is 9.17. The Morgan fingerprint density at radius 2 is 1.71 bits per heavy atom. The molecule has 0 saturated heterocycles. The van der Waals surface area contributed by atoms with Crippen molar-refractivity contribution >= 4 is 46.2 Å². The maximum Gasteiger partial charge on any atom is 0.303 e. The van der Waals surface area contributed by atoms with Crippen molar-refractivity contribution in [2.24, 2.45) is 10.7 Å². The number of aliphatic imine (C=N–C) groups is 1. The van der Waals surface area contributed by atoms with Gasteiger partial charge in [-0.3, -0.25) is 24.5 Å². The highest BCUT2D eigenvalue weighted by molar-refractivity contribution is 7.13. The minimum atomic E-state index is -0.627. The molecule has 12 nitrogen and oxygen atoms in total. The van der Waals surface area contributed by atoms with Crippen LogP contribution in [0.1, 0.15) is 19.5 Å². The zero-order chi connectivity index (χ0) is 22.8. The summed E-state index contributed by atoms with van der Waals surface area (Å²) in [7, 11) is 0. The summed E-state index contributed by atoms with van der Waals surface area (Å²) in [6, 6.07) is 5.20. The quantitative estimate of drug-likeness (QED) is 0.285. The van der Waals surface area contributed by atoms with Gasteiger partial charge in [0.1, 0.15) is 5.69 Å². The zero-order valence-electron chi connectivity index (χ0n) is 16.7. The molecular weight excluding hydrogens is 428 g/mol. The number of esters is 2. The van der Waals surface area contributed by atoms with Gasteiger partial charge in [0.25, 0.3) is 11.8 Å². The topological polar surface area (TPSA) is 175 Å². The Hall–Kier alpha value is -3.87. The largest absolute Gasteiger partial charge is 0.456 e. The minimum absolute atomic E-state index is 0.143. The van der Waals surface area contributed by atoms with Crippen LogP contribution in [0.15, 0.2) is 28.6 Å². The average Bonchev–Trinajstić information content (AvgIpc) is 3.17. The molecule has 0 saturated carbocycles. The van der Waals surface area contributed by atoms with E-state index in [9.17, 15) is 19.2 Å². The van der Waals surface area contributed by atoms with Crippen LogP contribution in [0.2, 0.25) is 0 Å². The number of aromatic nitrogens is 2. The number of hydrogen-bond acceptors (Lipinski definition) is 10. The summed E-state index contributed by atoms with van der Waals surface area (Å²) in [6.45, 7) is 1.71. The molecular formula is C18H20N6O6S. The normalized spacial score (nSPS) is 10.8. The highest BCUT2D eigenvalue weighted by Crippen LogP contribution is 2.25. The van der Waals surface area contributed by atoms with E-state index in [1.807, 2.05) is 0 Å². The van der Waals surface area contributed by atoms with E-state index in [4.69, 9.17) is 5.73 Å². The van der Waals surface area contributed by atoms with E-state index in [1.165, 1.54) is 25.2 Å². The molecule has 0 aliphatic rings. The molecule has 0 bridgehead atoms. The Balaban J connectivity index is 1.97. The molecule has 0 atom stereocenters. The number of hydrogen-bond donors (Lipinski definition) is 3. The molecule has 0 radical (unpaired) electrons. The lowest BCUT2D eigenvalue weighted by atomic mass is 10.2. The Morgan fingerprint density at radius 1 is 1.03 bits per heavy atom. The highest BCUT2D eigenvalue weighted by Gasteiger charge is 2.10. The molecule has 2 rings (SSSR count). The van der Waals surface area contributed by atoms with Gasteiger partial charge in [0.2, 0.25) is 11.1 Å². The Kier molecular flexibility index (Phi) is 8.57. The molecule has 0 aliphatic carbocycles. The molecule has 2 aromatic rings. The molecule has 0 fully saturated rings. The summed E-state index contributed by atoms with van der Waals surface area (Å²) >= 11 is 1.18. The van der Waals surface area contributed by atoms with Crippen LogP contribution in [0.25, 0.3) is 11.4 Å². The van der Waals surface area contributed by atoms with Crippen molar-refractivity contribution in [3.8, 4) is 11.4 Å². The van der Waals surface area contributed by atoms with Gasteiger partial charge in [0.15, 0.2) is 13.2 Å². The van der Waals surface area contributed by atoms with E-state index in [0.29, 0.717) is 17.1 Å². The molecule has 13 heteroatoms. The van der Waals surface area contributed by atoms with Gasteiger partial charge >= 0.3 is 11.9 Å². The molecule has 2 aromatic heterocycles. The van der Waals surface area contributed by atoms with Gasteiger partial charge in [-0.2, -0.15) is 4.99 Å². The van der Waals surface area contributed by atoms with Crippen LogP contribution in [-0.4, -0.2) is 52.9 Å². The number of rotatable bonds is 8. The molecule has 164 valence electrons. The second-order valence-electron chi connectivity index (χ2n) is 5.91. The van der Waals surface area contributed by atoms with Crippen molar-refractivity contribution < 1.29 is 28.7 Å². The number of ether oxygens (including phenoxy) is 2. The fourth-order valence-corrected chi connectivity index (χ4v) is 2.73. The number of carbonyl (C=O) groups is 4. The van der Waals surface area contributed by atoms with Crippen molar-refractivity contribution in [2.75, 3.05) is 13.2 Å². The van der Waals surface area contributed by atoms with E-state index in [2.05, 4.69) is 35.1 Å². The molecule has 31 heavy (non-hydrogen) atoms. The second-order valence-corrected chi connectivity index (χ2v) is 6.75. The SMILES string of the molecule is CC(=O)OCC(=O)NCc1cccc(-c2csc(N=C(N)NC(=O)COC(C)=O)n2)n1. The van der Waals surface area contributed by atoms with Crippen molar-refractivity contribution in [2.45, 2.75) is 20.4 Å². The van der Waals surface area contributed by atoms with Crippen LogP contribution in [0, 0.1) is 0 Å². The fourth-order valence-electron chi connectivity index (χ4n) is 2.04. The van der Waals surface area contributed by atoms with Crippen molar-refractivity contribution in [3.05, 3.63) is 29.3 Å². The number of nitrogens with one attached hydrogen (secondary N) is 2. The van der Waals surface area contributed by atoms with Crippen molar-refractivity contribution in [3.63, 3.8) is 0 Å². The number of nitrogens with zero attached hydrogens (tertiary/aromatic N) is 3. The first-order chi connectivity index (χ1) is 14.7. The molecule has 4 N–H and O–H groups in total. The predicted molar refractivity (Wildman–Crippen MR) is 110 cm³/mol. The summed E-state index contributed by atoms with van der Waals surface area (Å²) in [4.78, 5) is 57.3. The maximum atomic E-state index is 11.6. The highest BCUT2D eigenvalue weighted by atomic mass is 32.1. The van der Waals surface area contributed by atoms with Gasteiger partial charge in [-0.05, 0) is 12.1 Å². The average molecular weight is 448 g/mol. The number of guanidine groups is 1. The Morgan fingerprint density at radius 3 is 2.39 bits per heavy atom. The van der Waals surface area contributed by atoms with Crippen molar-refractivity contribution in [1.82, 2.24) is 20.6 Å². The van der Waals surface area contributed by atoms with Gasteiger partial charge in [-0.1, -0.05) is 6.07 Å². The smallest absolute Gasteiger partial charge is 0.303 e. The van der Waals surface area contributed by atoms with E-state index in [0.717, 1.165) is 0 Å². The van der Waals surface area contributed by atoms with Crippen LogP contribution in [0.5, 0.6) is 0 Å². The van der Waals surface area contributed by atoms with E-state index in [-0.39, 0.29) is 24.2 Å². The monoisotopic (exact) mass is 448 g/mol. The summed E-state index contributed by atoms with van der Waals surface area (Å²) in [6.07, 6.45) is 0. The Labute approximate surface area is 180 Å². The standard InChI is InChI=1S/C18H20N6O6S/c1-10(25)29-7-15(27)20-6-12-4-3-5-13(21-12)14-9-31-18(22-14)24-17(19)23-16(28)8-30-11(2)26/h3-5,9H,6-8H2,1-2H3,(H,20,27)(H3,19,22,23,24,28). The lowest BCUT2D eigenvalue weighted by Gasteiger charge is -2.06. The first-order valence-electron chi connectivity index (χ1n) is 8.82. The zero-order valence-corrected chi connectivity index (χ0v) is 17.5. The number of carbonyl (C=O) groups excluding carboxylic acids is 4. The van der Waals surface area contributed by atoms with E-state index < -0.39 is 30.4 Å². The molecule has 0 aromatic carbocycles. The fraction of sp³-hybridized carbons (Fsp3) is 0.278. The number of nitrogens with two attached hydrogens (primary N) is 1. The summed E-state index contributed by atoms with van der Waals surface area (Å²) in [5, 5.41) is 6.86. The number of thiazole rings is 1. The lowest BCUT2D eigenvalue weighted by molar-refractivity contribution is -0.146. The third kappa shape index (κ3) is 8.57. The molecule has 2 heterocycles. The van der Waals surface area contributed by atoms with Gasteiger partial charge in [-0.15, -0.1) is 11.3 Å². The number of amides is 2. The summed E-state index contributed by atoms with van der Waals surface area (Å²) in [5.41, 5.74) is 7.29. The molecule has 0 unspecified atom stereocenters. The first kappa shape index (κ1) is 23.4. The van der Waals surface area contributed by atoms with Crippen LogP contribution >= 0.6 is 11.3 Å². The minimum Gasteiger partial charge on any atom is -0.456 e. The first-order valence-corrected chi connectivity index (χ1v) is 9.70. The second kappa shape index (κ2) is 11.3. The van der Waals surface area contributed by atoms with Crippen LogP contribution in [-0.2, 0) is 35.2 Å². The van der Waals surface area contributed by atoms with Gasteiger partial charge in [0, 0.05) is 19.2 Å². The summed E-state index contributed by atoms with van der Waals surface area (Å²) in [5.74, 6) is -2.40. The number of pyridine rings is 1. The third-order valence-electron chi connectivity index (χ3n) is 3.32. The maximum absolute atomic E-state index is 11.6. The van der Waals surface area contributed by atoms with Crippen LogP contribution < -0.4 is 16.4 Å².